The van der Waals surface area contributed by atoms with E-state index < -0.39 is 0 Å². The van der Waals surface area contributed by atoms with Crippen molar-refractivity contribution in [3.05, 3.63) is 41.7 Å². The van der Waals surface area contributed by atoms with Crippen molar-refractivity contribution in [1.82, 2.24) is 4.90 Å². The number of hydrogen-bond acceptors (Lipinski definition) is 3. The van der Waals surface area contributed by atoms with Crippen LogP contribution in [0.1, 0.15) is 17.5 Å². The summed E-state index contributed by atoms with van der Waals surface area (Å²) in [7, 11) is 0. The second-order valence-electron chi connectivity index (χ2n) is 4.35. The van der Waals surface area contributed by atoms with Crippen LogP contribution in [-0.2, 0) is 12.8 Å². The Labute approximate surface area is 114 Å². The highest BCUT2D eigenvalue weighted by atomic mass is 35.5. The normalized spacial score (nSPS) is 15.2. The molecule has 3 nitrogen and oxygen atoms in total. The molecule has 0 amide bonds. The van der Waals surface area contributed by atoms with Crippen LogP contribution in [0.4, 0.5) is 0 Å². The largest absolute Gasteiger partial charge is 1.00 e. The van der Waals surface area contributed by atoms with Crippen LogP contribution in [0.3, 0.4) is 0 Å². The molecule has 1 aliphatic heterocycles. The summed E-state index contributed by atoms with van der Waals surface area (Å²) in [6.45, 7) is 1.45. The van der Waals surface area contributed by atoms with E-state index in [-0.39, 0.29) is 12.4 Å². The monoisotopic (exact) mass is 262 g/mol. The quantitative estimate of drug-likeness (QED) is 0.667. The van der Waals surface area contributed by atoms with E-state index in [0.717, 1.165) is 12.3 Å². The molecule has 0 fully saturated rings. The van der Waals surface area contributed by atoms with Gasteiger partial charge in [-0.3, -0.25) is 0 Å². The first-order valence-corrected chi connectivity index (χ1v) is 6.05. The average molecular weight is 263 g/mol. The molecule has 0 aromatic heterocycles. The van der Waals surface area contributed by atoms with Crippen molar-refractivity contribution in [2.75, 3.05) is 13.2 Å². The molecule has 0 atom stereocenters. The van der Waals surface area contributed by atoms with E-state index in [1.54, 1.807) is 6.20 Å². The van der Waals surface area contributed by atoms with Crippen molar-refractivity contribution in [2.45, 2.75) is 19.3 Å². The minimum absolute atomic E-state index is 0. The molecule has 94 valence electrons. The van der Waals surface area contributed by atoms with E-state index >= 15 is 0 Å². The molecule has 3 rings (SSSR count). The minimum Gasteiger partial charge on any atom is -1.00 e. The molecule has 2 aliphatic rings. The maximum Gasteiger partial charge on any atom is 0.255 e. The van der Waals surface area contributed by atoms with Gasteiger partial charge in [-0.15, -0.1) is 0 Å². The number of benzene rings is 1. The van der Waals surface area contributed by atoms with E-state index in [1.165, 1.54) is 30.4 Å². The summed E-state index contributed by atoms with van der Waals surface area (Å²) in [4.78, 5) is 5.77. The third kappa shape index (κ3) is 2.81. The van der Waals surface area contributed by atoms with Gasteiger partial charge < -0.3 is 17.1 Å². The van der Waals surface area contributed by atoms with E-state index in [1.807, 2.05) is 11.1 Å². The molecule has 0 unspecified atom stereocenters. The lowest BCUT2D eigenvalue weighted by atomic mass is 10.1. The molecular weight excluding hydrogens is 248 g/mol. The standard InChI is InChI=1S/C14H15N2O.ClH/c1-2-12-4-5-14(10-13(12)3-1)17-9-8-16-7-6-15-11-16;/h4-7,10H,1-3,8-9H2;1H/q+1;/p-1. The molecule has 1 aromatic carbocycles. The first-order chi connectivity index (χ1) is 8.42. The number of fused-ring (bicyclic) bond motifs is 1. The van der Waals surface area contributed by atoms with E-state index in [4.69, 9.17) is 4.74 Å². The number of halogens is 1. The second kappa shape index (κ2) is 5.85. The second-order valence-corrected chi connectivity index (χ2v) is 4.35. The average Bonchev–Trinajstić information content (AvgIpc) is 2.98. The summed E-state index contributed by atoms with van der Waals surface area (Å²) in [5.74, 6) is 0.978. The van der Waals surface area contributed by atoms with Gasteiger partial charge in [-0.1, -0.05) is 6.07 Å². The fourth-order valence-corrected chi connectivity index (χ4v) is 2.28. The van der Waals surface area contributed by atoms with Gasteiger partial charge in [-0.2, -0.15) is 4.90 Å². The Morgan fingerprint density at radius 3 is 3.00 bits per heavy atom. The number of hydrogen-bond donors (Lipinski definition) is 0. The fraction of sp³-hybridized carbons (Fsp3) is 0.357. The van der Waals surface area contributed by atoms with Crippen LogP contribution in [0.15, 0.2) is 35.6 Å². The highest BCUT2D eigenvalue weighted by molar-refractivity contribution is 5.60. The molecule has 0 radical (unpaired) electrons. The summed E-state index contributed by atoms with van der Waals surface area (Å²) >= 11 is 0. The molecule has 4 heteroatoms. The molecule has 1 aromatic rings. The maximum atomic E-state index is 5.74. The van der Waals surface area contributed by atoms with Crippen LogP contribution >= 0.6 is 0 Å². The minimum atomic E-state index is 0. The molecule has 0 bridgehead atoms. The van der Waals surface area contributed by atoms with Gasteiger partial charge >= 0.3 is 0 Å². The number of nitrogens with zero attached hydrogens (tertiary/aromatic N) is 2. The molecule has 0 spiro atoms. The summed E-state index contributed by atoms with van der Waals surface area (Å²) in [5.41, 5.74) is 2.94. The topological polar surface area (TPSA) is 24.8 Å². The SMILES string of the molecule is [C+]1=NC=CN1CCOc1ccc2c(c1)CCC2.[Cl-]. The van der Waals surface area contributed by atoms with Crippen molar-refractivity contribution in [3.8, 4) is 5.75 Å². The van der Waals surface area contributed by atoms with Crippen LogP contribution in [0.2, 0.25) is 0 Å². The Morgan fingerprint density at radius 1 is 1.28 bits per heavy atom. The number of rotatable bonds is 4. The van der Waals surface area contributed by atoms with Gasteiger partial charge in [0.2, 0.25) is 6.20 Å². The molecule has 1 aliphatic carbocycles. The van der Waals surface area contributed by atoms with Gasteiger partial charge in [0.15, 0.2) is 6.20 Å². The molecule has 1 heterocycles. The van der Waals surface area contributed by atoms with Gasteiger partial charge in [-0.25, -0.2) is 0 Å². The van der Waals surface area contributed by atoms with E-state index in [0.29, 0.717) is 6.61 Å². The van der Waals surface area contributed by atoms with Crippen LogP contribution in [0.5, 0.6) is 5.75 Å². The summed E-state index contributed by atoms with van der Waals surface area (Å²) < 4.78 is 5.74. The summed E-state index contributed by atoms with van der Waals surface area (Å²) in [6, 6.07) is 6.45. The highest BCUT2D eigenvalue weighted by Gasteiger charge is 2.12. The van der Waals surface area contributed by atoms with Crippen molar-refractivity contribution in [2.24, 2.45) is 4.99 Å². The molecule has 0 N–H and O–H groups in total. The number of aliphatic imine (C=N–C) groups is 1. The summed E-state index contributed by atoms with van der Waals surface area (Å²) in [6.07, 6.45) is 10.2. The van der Waals surface area contributed by atoms with Gasteiger partial charge in [0.1, 0.15) is 12.4 Å². The van der Waals surface area contributed by atoms with Crippen LogP contribution < -0.4 is 17.1 Å². The lowest BCUT2D eigenvalue weighted by molar-refractivity contribution is -0.00000389. The Bertz CT molecular complexity index is 459. The predicted octanol–water partition coefficient (Wildman–Crippen LogP) is -0.750. The van der Waals surface area contributed by atoms with Gasteiger partial charge in [0, 0.05) is 0 Å². The first kappa shape index (κ1) is 12.9. The third-order valence-electron chi connectivity index (χ3n) is 3.18. The molecule has 0 saturated carbocycles. The van der Waals surface area contributed by atoms with Crippen molar-refractivity contribution < 1.29 is 17.1 Å². The smallest absolute Gasteiger partial charge is 0.255 e. The Morgan fingerprint density at radius 2 is 2.17 bits per heavy atom. The fourth-order valence-electron chi connectivity index (χ4n) is 2.28. The predicted molar refractivity (Wildman–Crippen MR) is 67.2 cm³/mol. The zero-order valence-electron chi connectivity index (χ0n) is 10.1. The first-order valence-electron chi connectivity index (χ1n) is 6.05. The molecule has 18 heavy (non-hydrogen) atoms. The lowest BCUT2D eigenvalue weighted by Gasteiger charge is -2.08. The van der Waals surface area contributed by atoms with Crippen LogP contribution in [-0.4, -0.2) is 24.4 Å². The Balaban J connectivity index is 0.00000120. The third-order valence-corrected chi connectivity index (χ3v) is 3.18. The number of aryl methyl sites for hydroxylation is 2. The van der Waals surface area contributed by atoms with E-state index in [2.05, 4.69) is 29.5 Å². The highest BCUT2D eigenvalue weighted by Crippen LogP contribution is 2.25. The van der Waals surface area contributed by atoms with Crippen LogP contribution in [0, 0.1) is 0 Å². The van der Waals surface area contributed by atoms with Crippen molar-refractivity contribution in [1.29, 1.82) is 0 Å². The van der Waals surface area contributed by atoms with Crippen molar-refractivity contribution in [3.63, 3.8) is 0 Å². The zero-order chi connectivity index (χ0) is 11.5. The van der Waals surface area contributed by atoms with Gasteiger partial charge in [0.25, 0.3) is 6.34 Å². The molecule has 0 saturated heterocycles. The number of ether oxygens (including phenoxy) is 1. The van der Waals surface area contributed by atoms with Gasteiger partial charge in [0.05, 0.1) is 6.54 Å². The Kier molecular flexibility index (Phi) is 4.19. The molecular formula is C14H15ClN2O. The van der Waals surface area contributed by atoms with Crippen molar-refractivity contribution >= 4 is 6.34 Å². The Hall–Kier alpha value is -1.57. The lowest BCUT2D eigenvalue weighted by Crippen LogP contribution is -3.00. The van der Waals surface area contributed by atoms with Crippen LogP contribution in [0.25, 0.3) is 0 Å². The zero-order valence-corrected chi connectivity index (χ0v) is 10.9. The van der Waals surface area contributed by atoms with E-state index in [9.17, 15) is 0 Å². The summed E-state index contributed by atoms with van der Waals surface area (Å²) in [5, 5.41) is 0. The van der Waals surface area contributed by atoms with Gasteiger partial charge in [-0.05, 0) is 47.5 Å². The maximum absolute atomic E-state index is 5.74.